The normalized spacial score (nSPS) is 11.0. The van der Waals surface area contributed by atoms with Crippen LogP contribution in [-0.4, -0.2) is 0 Å². The average Bonchev–Trinajstić information content (AvgIpc) is 1.90. The lowest BCUT2D eigenvalue weighted by atomic mass is 10.4. The Kier molecular flexibility index (Phi) is 3.02. The van der Waals surface area contributed by atoms with Gasteiger partial charge in [0.05, 0.1) is 0 Å². The topological polar surface area (TPSA) is 0 Å². The van der Waals surface area contributed by atoms with Crippen molar-refractivity contribution in [1.29, 1.82) is 0 Å². The van der Waals surface area contributed by atoms with Crippen LogP contribution in [0, 0.1) is 0 Å². The molecule has 0 saturated carbocycles. The second-order valence-electron chi connectivity index (χ2n) is 1.58. The van der Waals surface area contributed by atoms with E-state index in [2.05, 4.69) is 34.2 Å². The van der Waals surface area contributed by atoms with Crippen LogP contribution >= 0.6 is 26.4 Å². The van der Waals surface area contributed by atoms with Crippen LogP contribution in [0.3, 0.4) is 0 Å². The molecular formula is C6H5IPS+. The molecule has 0 aliphatic heterocycles. The number of rotatable bonds is 1. The Morgan fingerprint density at radius 3 is 2.11 bits per heavy atom. The fourth-order valence-corrected chi connectivity index (χ4v) is 2.28. The summed E-state index contributed by atoms with van der Waals surface area (Å²) in [5.74, 6) is 0. The van der Waals surface area contributed by atoms with E-state index in [9.17, 15) is 0 Å². The van der Waals surface area contributed by atoms with Gasteiger partial charge in [0.25, 0.3) is 26.4 Å². The van der Waals surface area contributed by atoms with E-state index >= 15 is 0 Å². The Hall–Kier alpha value is 0.470. The average molecular weight is 267 g/mol. The summed E-state index contributed by atoms with van der Waals surface area (Å²) in [6.07, 6.45) is 0. The third kappa shape index (κ3) is 2.28. The summed E-state index contributed by atoms with van der Waals surface area (Å²) in [7, 11) is 0. The van der Waals surface area contributed by atoms with Crippen LogP contribution in [0.5, 0.6) is 0 Å². The van der Waals surface area contributed by atoms with E-state index in [-0.39, 0.29) is 4.34 Å². The van der Waals surface area contributed by atoms with Gasteiger partial charge in [-0.2, -0.15) is 0 Å². The lowest BCUT2D eigenvalue weighted by molar-refractivity contribution is 1.78. The summed E-state index contributed by atoms with van der Waals surface area (Å²) in [6, 6.07) is 10.2. The molecule has 1 rings (SSSR count). The smallest absolute Gasteiger partial charge is 0.0619 e. The third-order valence-electron chi connectivity index (χ3n) is 0.959. The summed E-state index contributed by atoms with van der Waals surface area (Å²) in [5, 5.41) is 1.28. The van der Waals surface area contributed by atoms with E-state index in [1.165, 1.54) is 5.30 Å². The van der Waals surface area contributed by atoms with Crippen LogP contribution in [0.1, 0.15) is 0 Å². The third-order valence-corrected chi connectivity index (χ3v) is 3.97. The van der Waals surface area contributed by atoms with Crippen molar-refractivity contribution in [3.63, 3.8) is 0 Å². The predicted octanol–water partition coefficient (Wildman–Crippen LogP) is 2.61. The molecule has 1 atom stereocenters. The number of hydrogen-bond donors (Lipinski definition) is 0. The maximum absolute atomic E-state index is 5.10. The number of hydrogen-bond acceptors (Lipinski definition) is 1. The molecule has 0 spiro atoms. The molecule has 0 N–H and O–H groups in total. The highest BCUT2D eigenvalue weighted by Crippen LogP contribution is 2.29. The maximum Gasteiger partial charge on any atom is 0.279 e. The molecule has 9 heavy (non-hydrogen) atoms. The molecule has 0 bridgehead atoms. The van der Waals surface area contributed by atoms with Gasteiger partial charge in [-0.25, -0.2) is 0 Å². The Morgan fingerprint density at radius 2 is 1.78 bits per heavy atom. The highest BCUT2D eigenvalue weighted by atomic mass is 127. The monoisotopic (exact) mass is 267 g/mol. The Labute approximate surface area is 73.6 Å². The first-order valence-electron chi connectivity index (χ1n) is 2.49. The molecule has 0 fully saturated rings. The number of halogens is 1. The first-order chi connectivity index (χ1) is 4.30. The molecule has 3 heteroatoms. The summed E-state index contributed by atoms with van der Waals surface area (Å²) in [4.78, 5) is 0. The highest BCUT2D eigenvalue weighted by Gasteiger charge is 2.06. The molecule has 0 amide bonds. The van der Waals surface area contributed by atoms with Gasteiger partial charge in [0.15, 0.2) is 17.1 Å². The van der Waals surface area contributed by atoms with Crippen molar-refractivity contribution in [2.45, 2.75) is 0 Å². The summed E-state index contributed by atoms with van der Waals surface area (Å²) in [5.41, 5.74) is 0. The molecule has 0 nitrogen and oxygen atoms in total. The van der Waals surface area contributed by atoms with Crippen LogP contribution in [0.2, 0.25) is 0 Å². The van der Waals surface area contributed by atoms with Gasteiger partial charge in [0, 0.05) is 0 Å². The second-order valence-corrected chi connectivity index (χ2v) is 8.54. The second kappa shape index (κ2) is 3.59. The van der Waals surface area contributed by atoms with Crippen molar-refractivity contribution in [3.05, 3.63) is 30.3 Å². The molecule has 1 aromatic carbocycles. The van der Waals surface area contributed by atoms with E-state index in [1.54, 1.807) is 0 Å². The predicted molar refractivity (Wildman–Crippen MR) is 54.4 cm³/mol. The lowest BCUT2D eigenvalue weighted by Gasteiger charge is -1.79. The van der Waals surface area contributed by atoms with Gasteiger partial charge in [-0.15, -0.1) is 0 Å². The molecule has 1 aromatic rings. The van der Waals surface area contributed by atoms with E-state index < -0.39 is 0 Å². The van der Waals surface area contributed by atoms with Crippen molar-refractivity contribution in [1.82, 2.24) is 0 Å². The maximum atomic E-state index is 5.10. The van der Waals surface area contributed by atoms with Crippen molar-refractivity contribution < 1.29 is 0 Å². The van der Waals surface area contributed by atoms with Crippen molar-refractivity contribution in [3.8, 4) is 0 Å². The zero-order valence-corrected chi connectivity index (χ0v) is 8.49. The van der Waals surface area contributed by atoms with E-state index in [4.69, 9.17) is 11.8 Å². The number of benzene rings is 1. The molecule has 0 aliphatic carbocycles. The van der Waals surface area contributed by atoms with Gasteiger partial charge in [-0.05, 0) is 12.1 Å². The van der Waals surface area contributed by atoms with E-state index in [1.807, 2.05) is 18.2 Å². The highest BCUT2D eigenvalue weighted by molar-refractivity contribution is 14.2. The van der Waals surface area contributed by atoms with Gasteiger partial charge in [-0.3, -0.25) is 0 Å². The molecule has 0 saturated heterocycles. The minimum atomic E-state index is -0.342. The van der Waals surface area contributed by atoms with Gasteiger partial charge in [0.1, 0.15) is 0 Å². The quantitative estimate of drug-likeness (QED) is 0.556. The van der Waals surface area contributed by atoms with Gasteiger partial charge in [-0.1, -0.05) is 18.2 Å². The van der Waals surface area contributed by atoms with E-state index in [0.29, 0.717) is 0 Å². The lowest BCUT2D eigenvalue weighted by Crippen LogP contribution is -1.88. The first-order valence-corrected chi connectivity index (χ1v) is 7.63. The summed E-state index contributed by atoms with van der Waals surface area (Å²) < 4.78 is -0.342. The fourth-order valence-electron chi connectivity index (χ4n) is 0.545. The molecule has 0 radical (unpaired) electrons. The van der Waals surface area contributed by atoms with E-state index in [0.717, 1.165) is 0 Å². The van der Waals surface area contributed by atoms with Crippen LogP contribution in [0.25, 0.3) is 0 Å². The Balaban J connectivity index is 2.98. The molecule has 0 aromatic heterocycles. The zero-order valence-electron chi connectivity index (χ0n) is 4.62. The minimum Gasteiger partial charge on any atom is -0.0619 e. The van der Waals surface area contributed by atoms with Crippen LogP contribution in [-0.2, 0) is 11.8 Å². The van der Waals surface area contributed by atoms with Gasteiger partial charge < -0.3 is 0 Å². The molecular weight excluding hydrogens is 262 g/mol. The first kappa shape index (κ1) is 7.58. The fraction of sp³-hybridized carbons (Fsp3) is 0. The van der Waals surface area contributed by atoms with Gasteiger partial charge >= 0.3 is 0 Å². The van der Waals surface area contributed by atoms with Gasteiger partial charge in [0.2, 0.25) is 0 Å². The van der Waals surface area contributed by atoms with Crippen molar-refractivity contribution >= 4 is 43.5 Å². The molecule has 0 aliphatic rings. The largest absolute Gasteiger partial charge is 0.279 e. The molecule has 1 unspecified atom stereocenters. The van der Waals surface area contributed by atoms with Crippen LogP contribution in [0.15, 0.2) is 30.3 Å². The summed E-state index contributed by atoms with van der Waals surface area (Å²) >= 11 is 7.38. The Bertz CT molecular complexity index is 210. The van der Waals surface area contributed by atoms with Crippen molar-refractivity contribution in [2.75, 3.05) is 0 Å². The Morgan fingerprint density at radius 1 is 1.22 bits per heavy atom. The van der Waals surface area contributed by atoms with Crippen LogP contribution in [0.4, 0.5) is 0 Å². The minimum absolute atomic E-state index is 0.342. The SMILES string of the molecule is S=[P+](I)c1ccccc1. The summed E-state index contributed by atoms with van der Waals surface area (Å²) in [6.45, 7) is 0. The molecule has 0 heterocycles. The van der Waals surface area contributed by atoms with Crippen LogP contribution < -0.4 is 5.30 Å². The van der Waals surface area contributed by atoms with Crippen molar-refractivity contribution in [2.24, 2.45) is 0 Å². The standard InChI is InChI=1S/C6H5IPS/c7-8(9)6-4-2-1-3-5-6/h1-5H/q+1. The molecule has 46 valence electrons. The zero-order chi connectivity index (χ0) is 6.69.